The summed E-state index contributed by atoms with van der Waals surface area (Å²) in [6, 6.07) is 26.4. The van der Waals surface area contributed by atoms with Gasteiger partial charge in [0.05, 0.1) is 0 Å². The summed E-state index contributed by atoms with van der Waals surface area (Å²) in [6.07, 6.45) is 0. The molecule has 2 aliphatic heterocycles. The second-order valence-corrected chi connectivity index (χ2v) is 16.7. The molecule has 0 N–H and O–H groups in total. The predicted molar refractivity (Wildman–Crippen MR) is 238 cm³/mol. The van der Waals surface area contributed by atoms with Crippen molar-refractivity contribution in [3.8, 4) is 11.1 Å². The van der Waals surface area contributed by atoms with Crippen molar-refractivity contribution in [2.24, 2.45) is 0 Å². The van der Waals surface area contributed by atoms with Gasteiger partial charge < -0.3 is 0 Å². The van der Waals surface area contributed by atoms with Gasteiger partial charge in [-0.15, -0.1) is 0 Å². The number of hydrogen-bond donors (Lipinski definition) is 0. The van der Waals surface area contributed by atoms with Crippen LogP contribution in [0.1, 0.15) is 77.9 Å². The Balaban J connectivity index is 1.65. The Morgan fingerprint density at radius 2 is 0.547 bits per heavy atom. The maximum atomic E-state index is 2.49. The molecule has 0 unspecified atom stereocenters. The lowest BCUT2D eigenvalue weighted by Crippen LogP contribution is -2.67. The molecule has 8 rings (SSSR count). The summed E-state index contributed by atoms with van der Waals surface area (Å²) in [4.78, 5) is 0. The fourth-order valence-corrected chi connectivity index (χ4v) is 10.8. The van der Waals surface area contributed by atoms with Crippen molar-refractivity contribution < 1.29 is 0 Å². The van der Waals surface area contributed by atoms with Crippen molar-refractivity contribution in [1.29, 1.82) is 0 Å². The van der Waals surface area contributed by atoms with Crippen molar-refractivity contribution in [3.63, 3.8) is 0 Å². The Labute approximate surface area is 320 Å². The molecular formula is C50H53B3. The average molecular weight is 686 g/mol. The second-order valence-electron chi connectivity index (χ2n) is 16.7. The van der Waals surface area contributed by atoms with E-state index in [-0.39, 0.29) is 20.1 Å². The van der Waals surface area contributed by atoms with Gasteiger partial charge >= 0.3 is 0 Å². The van der Waals surface area contributed by atoms with Crippen LogP contribution in [0.4, 0.5) is 0 Å². The Bertz CT molecular complexity index is 2510. The van der Waals surface area contributed by atoms with E-state index in [9.17, 15) is 0 Å². The summed E-state index contributed by atoms with van der Waals surface area (Å²) in [7, 11) is 0. The van der Waals surface area contributed by atoms with Gasteiger partial charge in [0.1, 0.15) is 0 Å². The number of fused-ring (bicyclic) bond motifs is 6. The summed E-state index contributed by atoms with van der Waals surface area (Å²) >= 11 is 0. The van der Waals surface area contributed by atoms with Gasteiger partial charge in [-0.2, -0.15) is 0 Å². The Morgan fingerprint density at radius 1 is 0.245 bits per heavy atom. The summed E-state index contributed by atoms with van der Waals surface area (Å²) < 4.78 is 0. The smallest absolute Gasteiger partial charge is 0.0733 e. The monoisotopic (exact) mass is 686 g/mol. The Kier molecular flexibility index (Phi) is 8.41. The van der Waals surface area contributed by atoms with E-state index in [4.69, 9.17) is 0 Å². The summed E-state index contributed by atoms with van der Waals surface area (Å²) in [5.74, 6) is 0. The van der Waals surface area contributed by atoms with Crippen molar-refractivity contribution in [1.82, 2.24) is 0 Å². The lowest BCUT2D eigenvalue weighted by Gasteiger charge is -2.30. The van der Waals surface area contributed by atoms with E-state index in [1.54, 1.807) is 0 Å². The SMILES string of the molecule is Cc1c(C)c(C)c(B2c3ccccc3B(c3c(C)c(C)c(C)c(C)c3C)c3cccc4c3B(c3ccccc32)c2c(C)c(C)c(C)c(C)c2-4)c(C)c1C. The van der Waals surface area contributed by atoms with Crippen LogP contribution in [-0.4, -0.2) is 20.1 Å². The zero-order valence-electron chi connectivity index (χ0n) is 34.6. The number of rotatable bonds is 2. The van der Waals surface area contributed by atoms with Crippen LogP contribution in [0.5, 0.6) is 0 Å². The molecule has 0 amide bonds. The minimum atomic E-state index is 0.0730. The van der Waals surface area contributed by atoms with Crippen LogP contribution in [0.2, 0.25) is 0 Å². The van der Waals surface area contributed by atoms with Gasteiger partial charge in [0.15, 0.2) is 0 Å². The van der Waals surface area contributed by atoms with Crippen LogP contribution in [-0.2, 0) is 0 Å². The van der Waals surface area contributed by atoms with Crippen LogP contribution in [0.25, 0.3) is 11.1 Å². The van der Waals surface area contributed by atoms with Crippen molar-refractivity contribution in [2.75, 3.05) is 0 Å². The summed E-state index contributed by atoms with van der Waals surface area (Å²) in [5.41, 5.74) is 36.0. The maximum Gasteiger partial charge on any atom is 0.241 e. The Hall–Kier alpha value is -4.49. The molecule has 6 aromatic rings. The molecule has 0 saturated heterocycles. The average Bonchev–Trinajstić information content (AvgIpc) is 3.53. The highest BCUT2D eigenvalue weighted by atomic mass is 14.3. The quantitative estimate of drug-likeness (QED) is 0.201. The fraction of sp³-hybridized carbons (Fsp3) is 0.280. The highest BCUT2D eigenvalue weighted by Gasteiger charge is 2.46. The predicted octanol–water partition coefficient (Wildman–Crippen LogP) is 5.85. The lowest BCUT2D eigenvalue weighted by molar-refractivity contribution is 1.19. The largest absolute Gasteiger partial charge is 0.241 e. The number of hydrogen-bond acceptors (Lipinski definition) is 0. The molecule has 6 aromatic carbocycles. The third-order valence-electron chi connectivity index (χ3n) is 15.0. The molecule has 0 aromatic heterocycles. The van der Waals surface area contributed by atoms with Gasteiger partial charge in [-0.25, -0.2) is 0 Å². The fourth-order valence-electron chi connectivity index (χ4n) is 10.8. The standard InChI is InChI=1S/C50H53B3/c1-26-29(4)35(10)47(36(11)30(26)5)51-41-21-15-16-22-42(41)52(48-37(12)31(6)27(2)32(7)38(48)13)45-25-19-20-40-46-34(9)28(3)33(8)39(14)49(46)53(50(40)45)44-24-18-17-23-43(44)51/h15-25H,1-14H3. The normalized spacial score (nSPS) is 13.0. The Morgan fingerprint density at radius 3 is 0.962 bits per heavy atom. The molecule has 0 atom stereocenters. The van der Waals surface area contributed by atoms with Crippen LogP contribution in [0.3, 0.4) is 0 Å². The molecular weight excluding hydrogens is 633 g/mol. The molecule has 2 aliphatic rings. The van der Waals surface area contributed by atoms with Gasteiger partial charge in [-0.1, -0.05) is 144 Å². The van der Waals surface area contributed by atoms with Gasteiger partial charge in [0, 0.05) is 0 Å². The van der Waals surface area contributed by atoms with Gasteiger partial charge in [0.25, 0.3) is 0 Å². The minimum Gasteiger partial charge on any atom is -0.0733 e. The molecule has 2 heterocycles. The third-order valence-corrected chi connectivity index (χ3v) is 15.0. The third kappa shape index (κ3) is 4.78. The van der Waals surface area contributed by atoms with E-state index < -0.39 is 0 Å². The zero-order chi connectivity index (χ0) is 37.9. The first-order valence-corrected chi connectivity index (χ1v) is 19.7. The van der Waals surface area contributed by atoms with E-state index in [1.165, 1.54) is 138 Å². The summed E-state index contributed by atoms with van der Waals surface area (Å²) in [5, 5.41) is 0. The van der Waals surface area contributed by atoms with E-state index >= 15 is 0 Å². The topological polar surface area (TPSA) is 0 Å². The molecule has 0 nitrogen and oxygen atoms in total. The van der Waals surface area contributed by atoms with Gasteiger partial charge in [-0.3, -0.25) is 0 Å². The van der Waals surface area contributed by atoms with Gasteiger partial charge in [0.2, 0.25) is 20.1 Å². The lowest BCUT2D eigenvalue weighted by atomic mass is 9.27. The van der Waals surface area contributed by atoms with E-state index in [1.807, 2.05) is 0 Å². The second kappa shape index (κ2) is 12.5. The molecule has 0 aliphatic carbocycles. The van der Waals surface area contributed by atoms with Gasteiger partial charge in [-0.05, 0) is 158 Å². The molecule has 0 bridgehead atoms. The van der Waals surface area contributed by atoms with Crippen LogP contribution in [0, 0.1) is 96.9 Å². The van der Waals surface area contributed by atoms with Crippen molar-refractivity contribution in [3.05, 3.63) is 145 Å². The van der Waals surface area contributed by atoms with Crippen molar-refractivity contribution >= 4 is 69.3 Å². The molecule has 3 heteroatoms. The minimum absolute atomic E-state index is 0.0730. The van der Waals surface area contributed by atoms with E-state index in [0.29, 0.717) is 0 Å². The highest BCUT2D eigenvalue weighted by Crippen LogP contribution is 2.32. The highest BCUT2D eigenvalue weighted by molar-refractivity contribution is 7.13. The molecule has 0 saturated carbocycles. The van der Waals surface area contributed by atoms with Crippen LogP contribution < -0.4 is 49.2 Å². The number of benzene rings is 6. The zero-order valence-corrected chi connectivity index (χ0v) is 34.6. The molecule has 0 fully saturated rings. The van der Waals surface area contributed by atoms with E-state index in [0.717, 1.165) is 0 Å². The molecule has 262 valence electrons. The van der Waals surface area contributed by atoms with Crippen LogP contribution >= 0.6 is 0 Å². The first-order valence-electron chi connectivity index (χ1n) is 19.7. The first kappa shape index (κ1) is 35.5. The molecule has 0 radical (unpaired) electrons. The summed E-state index contributed by atoms with van der Waals surface area (Å²) in [6.45, 7) is 33.3. The van der Waals surface area contributed by atoms with E-state index in [2.05, 4.69) is 164 Å². The maximum absolute atomic E-state index is 2.49. The molecule has 53 heavy (non-hydrogen) atoms. The first-order chi connectivity index (χ1) is 25.2. The molecule has 0 spiro atoms. The van der Waals surface area contributed by atoms with Crippen LogP contribution in [0.15, 0.2) is 66.7 Å². The van der Waals surface area contributed by atoms with Crippen molar-refractivity contribution in [2.45, 2.75) is 96.9 Å².